The van der Waals surface area contributed by atoms with Gasteiger partial charge in [-0.1, -0.05) is 41.9 Å². The van der Waals surface area contributed by atoms with E-state index in [9.17, 15) is 4.79 Å². The molecular weight excluding hydrogens is 453 g/mol. The van der Waals surface area contributed by atoms with Crippen LogP contribution in [-0.4, -0.2) is 22.3 Å². The topological polar surface area (TPSA) is 56.1 Å². The average Bonchev–Trinajstić information content (AvgIpc) is 3.03. The van der Waals surface area contributed by atoms with Crippen LogP contribution in [0.25, 0.3) is 0 Å². The molecule has 0 radical (unpaired) electrons. The molecule has 1 amide bonds. The van der Waals surface area contributed by atoms with E-state index < -0.39 is 0 Å². The molecule has 0 aliphatic heterocycles. The molecule has 1 aromatic heterocycles. The van der Waals surface area contributed by atoms with Gasteiger partial charge >= 0.3 is 0 Å². The number of para-hydroxylation sites is 1. The van der Waals surface area contributed by atoms with E-state index in [0.29, 0.717) is 23.1 Å². The summed E-state index contributed by atoms with van der Waals surface area (Å²) in [5, 5.41) is 7.71. The highest BCUT2D eigenvalue weighted by Gasteiger charge is 2.10. The highest BCUT2D eigenvalue weighted by Crippen LogP contribution is 2.20. The molecule has 0 fully saturated rings. The van der Waals surface area contributed by atoms with Crippen molar-refractivity contribution in [3.05, 3.63) is 75.0 Å². The Kier molecular flexibility index (Phi) is 5.93. The number of aromatic nitrogens is 2. The fourth-order valence-corrected chi connectivity index (χ4v) is 2.98. The molecule has 1 N–H and O–H groups in total. The van der Waals surface area contributed by atoms with Crippen molar-refractivity contribution in [3.63, 3.8) is 0 Å². The SMILES string of the molecule is O=C(COc1ccccc1I)Nc1ccnn1Cc1ccccc1Cl. The van der Waals surface area contributed by atoms with Crippen molar-refractivity contribution in [3.8, 4) is 5.75 Å². The summed E-state index contributed by atoms with van der Waals surface area (Å²) < 4.78 is 8.20. The van der Waals surface area contributed by atoms with Crippen LogP contribution in [0.5, 0.6) is 5.75 Å². The normalized spacial score (nSPS) is 10.5. The first kappa shape index (κ1) is 17.8. The molecule has 2 aromatic carbocycles. The van der Waals surface area contributed by atoms with E-state index in [0.717, 1.165) is 9.13 Å². The summed E-state index contributed by atoms with van der Waals surface area (Å²) in [6.45, 7) is 0.400. The van der Waals surface area contributed by atoms with Gasteiger partial charge in [-0.05, 0) is 46.4 Å². The second-order valence-corrected chi connectivity index (χ2v) is 6.80. The molecule has 0 aliphatic rings. The molecule has 25 heavy (non-hydrogen) atoms. The van der Waals surface area contributed by atoms with Crippen molar-refractivity contribution in [2.75, 3.05) is 11.9 Å². The number of hydrogen-bond acceptors (Lipinski definition) is 3. The number of halogens is 2. The summed E-state index contributed by atoms with van der Waals surface area (Å²) >= 11 is 8.35. The third kappa shape index (κ3) is 4.73. The van der Waals surface area contributed by atoms with E-state index in [1.54, 1.807) is 16.9 Å². The molecule has 0 saturated heterocycles. The van der Waals surface area contributed by atoms with Gasteiger partial charge in [-0.2, -0.15) is 5.10 Å². The molecule has 128 valence electrons. The Hall–Kier alpha value is -2.06. The largest absolute Gasteiger partial charge is 0.483 e. The minimum Gasteiger partial charge on any atom is -0.483 e. The maximum Gasteiger partial charge on any atom is 0.263 e. The molecule has 1 heterocycles. The maximum atomic E-state index is 12.2. The van der Waals surface area contributed by atoms with E-state index in [-0.39, 0.29) is 12.5 Å². The summed E-state index contributed by atoms with van der Waals surface area (Å²) in [4.78, 5) is 12.2. The smallest absolute Gasteiger partial charge is 0.263 e. The first-order valence-electron chi connectivity index (χ1n) is 7.56. The molecule has 0 atom stereocenters. The lowest BCUT2D eigenvalue weighted by atomic mass is 10.2. The Labute approximate surface area is 164 Å². The second-order valence-electron chi connectivity index (χ2n) is 5.23. The monoisotopic (exact) mass is 467 g/mol. The Bertz CT molecular complexity index is 882. The van der Waals surface area contributed by atoms with E-state index >= 15 is 0 Å². The zero-order valence-electron chi connectivity index (χ0n) is 13.2. The van der Waals surface area contributed by atoms with Gasteiger partial charge < -0.3 is 10.1 Å². The first-order chi connectivity index (χ1) is 12.1. The molecule has 3 aromatic rings. The number of amides is 1. The Morgan fingerprint density at radius 1 is 1.16 bits per heavy atom. The van der Waals surface area contributed by atoms with E-state index in [4.69, 9.17) is 16.3 Å². The molecule has 0 aliphatic carbocycles. The molecule has 7 heteroatoms. The van der Waals surface area contributed by atoms with Crippen LogP contribution in [0.1, 0.15) is 5.56 Å². The number of hydrogen-bond donors (Lipinski definition) is 1. The lowest BCUT2D eigenvalue weighted by Gasteiger charge is -2.11. The van der Waals surface area contributed by atoms with Gasteiger partial charge in [0.1, 0.15) is 11.6 Å². The van der Waals surface area contributed by atoms with Crippen LogP contribution in [0.3, 0.4) is 0 Å². The third-order valence-electron chi connectivity index (χ3n) is 3.46. The minimum absolute atomic E-state index is 0.0721. The highest BCUT2D eigenvalue weighted by molar-refractivity contribution is 14.1. The number of carbonyl (C=O) groups is 1. The maximum absolute atomic E-state index is 12.2. The van der Waals surface area contributed by atoms with Crippen molar-refractivity contribution in [1.29, 1.82) is 0 Å². The molecule has 0 saturated carbocycles. The zero-order valence-corrected chi connectivity index (χ0v) is 16.1. The van der Waals surface area contributed by atoms with E-state index in [1.165, 1.54) is 0 Å². The molecule has 0 bridgehead atoms. The highest BCUT2D eigenvalue weighted by atomic mass is 127. The molecule has 3 rings (SSSR count). The van der Waals surface area contributed by atoms with Crippen LogP contribution in [-0.2, 0) is 11.3 Å². The number of rotatable bonds is 6. The van der Waals surface area contributed by atoms with Crippen LogP contribution < -0.4 is 10.1 Å². The van der Waals surface area contributed by atoms with Crippen LogP contribution >= 0.6 is 34.2 Å². The Balaban J connectivity index is 1.62. The number of ether oxygens (including phenoxy) is 1. The van der Waals surface area contributed by atoms with Gasteiger partial charge in [0.2, 0.25) is 0 Å². The molecule has 5 nitrogen and oxygen atoms in total. The fourth-order valence-electron chi connectivity index (χ4n) is 2.24. The number of anilines is 1. The van der Waals surface area contributed by atoms with Crippen LogP contribution in [0, 0.1) is 3.57 Å². The van der Waals surface area contributed by atoms with Crippen molar-refractivity contribution in [2.24, 2.45) is 0 Å². The van der Waals surface area contributed by atoms with Crippen molar-refractivity contribution < 1.29 is 9.53 Å². The second kappa shape index (κ2) is 8.35. The van der Waals surface area contributed by atoms with Gasteiger partial charge in [0.05, 0.1) is 16.3 Å². The summed E-state index contributed by atoms with van der Waals surface area (Å²) in [6.07, 6.45) is 1.63. The van der Waals surface area contributed by atoms with Gasteiger partial charge in [-0.15, -0.1) is 0 Å². The van der Waals surface area contributed by atoms with Gasteiger partial charge in [0.25, 0.3) is 5.91 Å². The fraction of sp³-hybridized carbons (Fsp3) is 0.111. The van der Waals surface area contributed by atoms with E-state index in [1.807, 2.05) is 48.5 Å². The summed E-state index contributed by atoms with van der Waals surface area (Å²) in [5.74, 6) is 1.03. The number of nitrogens with one attached hydrogen (secondary N) is 1. The van der Waals surface area contributed by atoms with Crippen LogP contribution in [0.15, 0.2) is 60.8 Å². The van der Waals surface area contributed by atoms with Crippen molar-refractivity contribution in [1.82, 2.24) is 9.78 Å². The van der Waals surface area contributed by atoms with Gasteiger partial charge in [0, 0.05) is 11.1 Å². The number of nitrogens with zero attached hydrogens (tertiary/aromatic N) is 2. The van der Waals surface area contributed by atoms with Crippen LogP contribution in [0.4, 0.5) is 5.82 Å². The zero-order chi connectivity index (χ0) is 17.6. The number of benzene rings is 2. The average molecular weight is 468 g/mol. The van der Waals surface area contributed by atoms with Gasteiger partial charge in [-0.3, -0.25) is 4.79 Å². The van der Waals surface area contributed by atoms with Crippen molar-refractivity contribution >= 4 is 45.9 Å². The lowest BCUT2D eigenvalue weighted by Crippen LogP contribution is -2.22. The third-order valence-corrected chi connectivity index (χ3v) is 4.72. The first-order valence-corrected chi connectivity index (χ1v) is 9.01. The summed E-state index contributed by atoms with van der Waals surface area (Å²) in [6, 6.07) is 16.8. The molecular formula is C18H15ClIN3O2. The summed E-state index contributed by atoms with van der Waals surface area (Å²) in [5.41, 5.74) is 0.929. The molecule has 0 spiro atoms. The van der Waals surface area contributed by atoms with Gasteiger partial charge in [0.15, 0.2) is 6.61 Å². The quantitative estimate of drug-likeness (QED) is 0.553. The number of carbonyl (C=O) groups excluding carboxylic acids is 1. The predicted octanol–water partition coefficient (Wildman–Crippen LogP) is 4.21. The minimum atomic E-state index is -0.249. The Morgan fingerprint density at radius 2 is 1.92 bits per heavy atom. The predicted molar refractivity (Wildman–Crippen MR) is 106 cm³/mol. The standard InChI is InChI=1S/C18H15ClIN3O2/c19-14-6-2-1-5-13(14)11-23-17(9-10-21-23)22-18(24)12-25-16-8-4-3-7-15(16)20/h1-10H,11-12H2,(H,22,24). The van der Waals surface area contributed by atoms with E-state index in [2.05, 4.69) is 33.0 Å². The van der Waals surface area contributed by atoms with Crippen LogP contribution in [0.2, 0.25) is 5.02 Å². The lowest BCUT2D eigenvalue weighted by molar-refractivity contribution is -0.118. The molecule has 0 unspecified atom stereocenters. The Morgan fingerprint density at radius 3 is 2.72 bits per heavy atom. The van der Waals surface area contributed by atoms with Crippen molar-refractivity contribution in [2.45, 2.75) is 6.54 Å². The summed E-state index contributed by atoms with van der Waals surface area (Å²) in [7, 11) is 0. The van der Waals surface area contributed by atoms with Gasteiger partial charge in [-0.25, -0.2) is 4.68 Å².